The molecule has 0 aliphatic heterocycles. The lowest BCUT2D eigenvalue weighted by molar-refractivity contribution is -0.117. The molecule has 0 radical (unpaired) electrons. The summed E-state index contributed by atoms with van der Waals surface area (Å²) in [6.45, 7) is 3.29. The van der Waals surface area contributed by atoms with E-state index in [0.29, 0.717) is 11.4 Å². The molecular formula is C15H15N3O2. The van der Waals surface area contributed by atoms with Crippen molar-refractivity contribution in [2.75, 3.05) is 5.32 Å². The first kappa shape index (κ1) is 13.9. The van der Waals surface area contributed by atoms with Crippen LogP contribution in [0.25, 0.3) is 0 Å². The van der Waals surface area contributed by atoms with E-state index in [9.17, 15) is 9.59 Å². The van der Waals surface area contributed by atoms with E-state index in [1.165, 1.54) is 13.3 Å². The normalized spacial score (nSPS) is 11.7. The van der Waals surface area contributed by atoms with Gasteiger partial charge in [-0.3, -0.25) is 9.59 Å². The van der Waals surface area contributed by atoms with Crippen LogP contribution >= 0.6 is 0 Å². The number of aromatic nitrogens is 2. The average molecular weight is 269 g/mol. The smallest absolute Gasteiger partial charge is 0.232 e. The quantitative estimate of drug-likeness (QED) is 0.865. The fraction of sp³-hybridized carbons (Fsp3) is 0.200. The van der Waals surface area contributed by atoms with Crippen LogP contribution in [0.5, 0.6) is 0 Å². The van der Waals surface area contributed by atoms with Crippen LogP contribution < -0.4 is 5.32 Å². The number of amides is 1. The van der Waals surface area contributed by atoms with Crippen molar-refractivity contribution in [1.82, 2.24) is 9.97 Å². The van der Waals surface area contributed by atoms with Gasteiger partial charge in [-0.05, 0) is 31.5 Å². The van der Waals surface area contributed by atoms with Gasteiger partial charge in [-0.1, -0.05) is 18.2 Å². The van der Waals surface area contributed by atoms with Crippen molar-refractivity contribution in [1.29, 1.82) is 0 Å². The van der Waals surface area contributed by atoms with Crippen LogP contribution in [-0.4, -0.2) is 21.7 Å². The number of nitrogens with one attached hydrogen (secondary N) is 1. The minimum atomic E-state index is -0.371. The zero-order valence-corrected chi connectivity index (χ0v) is 11.3. The van der Waals surface area contributed by atoms with Crippen molar-refractivity contribution in [2.45, 2.75) is 19.8 Å². The number of hydrogen-bond donors (Lipinski definition) is 1. The molecule has 0 fully saturated rings. The lowest BCUT2D eigenvalue weighted by atomic mass is 9.97. The highest BCUT2D eigenvalue weighted by Crippen LogP contribution is 2.18. The van der Waals surface area contributed by atoms with E-state index >= 15 is 0 Å². The van der Waals surface area contributed by atoms with E-state index < -0.39 is 0 Å². The lowest BCUT2D eigenvalue weighted by Gasteiger charge is -2.12. The number of benzene rings is 1. The summed E-state index contributed by atoms with van der Waals surface area (Å²) in [5.41, 5.74) is 1.40. The van der Waals surface area contributed by atoms with E-state index in [0.717, 1.165) is 5.56 Å². The van der Waals surface area contributed by atoms with Gasteiger partial charge in [-0.2, -0.15) is 0 Å². The average Bonchev–Trinajstić information content (AvgIpc) is 2.47. The van der Waals surface area contributed by atoms with Gasteiger partial charge in [-0.15, -0.1) is 0 Å². The zero-order valence-electron chi connectivity index (χ0n) is 11.3. The molecule has 20 heavy (non-hydrogen) atoms. The molecule has 0 spiro atoms. The Kier molecular flexibility index (Phi) is 4.20. The predicted octanol–water partition coefficient (Wildman–Crippen LogP) is 2.42. The van der Waals surface area contributed by atoms with E-state index in [4.69, 9.17) is 0 Å². The highest BCUT2D eigenvalue weighted by molar-refractivity contribution is 5.96. The first-order valence-electron chi connectivity index (χ1n) is 6.25. The molecule has 102 valence electrons. The Morgan fingerprint density at radius 1 is 1.25 bits per heavy atom. The Morgan fingerprint density at radius 3 is 2.70 bits per heavy atom. The Balaban J connectivity index is 2.14. The Hall–Kier alpha value is -2.56. The van der Waals surface area contributed by atoms with Gasteiger partial charge in [0.15, 0.2) is 5.78 Å². The van der Waals surface area contributed by atoms with Crippen LogP contribution in [0, 0.1) is 0 Å². The third kappa shape index (κ3) is 3.26. The number of Topliss-reactive ketones (excluding diaryl/α,β-unsaturated/α-hetero) is 1. The van der Waals surface area contributed by atoms with Gasteiger partial charge in [0.2, 0.25) is 5.91 Å². The van der Waals surface area contributed by atoms with Crippen molar-refractivity contribution in [3.8, 4) is 0 Å². The number of anilines is 1. The second-order valence-electron chi connectivity index (χ2n) is 4.49. The summed E-state index contributed by atoms with van der Waals surface area (Å²) >= 11 is 0. The summed E-state index contributed by atoms with van der Waals surface area (Å²) in [5, 5.41) is 2.71. The molecule has 1 aromatic carbocycles. The summed E-state index contributed by atoms with van der Waals surface area (Å²) in [4.78, 5) is 31.2. The summed E-state index contributed by atoms with van der Waals surface area (Å²) in [5.74, 6) is -0.108. The number of carbonyl (C=O) groups excluding carboxylic acids is 2. The molecule has 1 aromatic heterocycles. The topological polar surface area (TPSA) is 72.0 Å². The summed E-state index contributed by atoms with van der Waals surface area (Å²) in [7, 11) is 0. The SMILES string of the molecule is CC(=O)c1cccc([C@@H](C)C(=O)Nc2ccncn2)c1. The Morgan fingerprint density at radius 2 is 2.05 bits per heavy atom. The van der Waals surface area contributed by atoms with Crippen LogP contribution in [0.4, 0.5) is 5.82 Å². The van der Waals surface area contributed by atoms with Crippen LogP contribution in [0.2, 0.25) is 0 Å². The number of nitrogens with zero attached hydrogens (tertiary/aromatic N) is 2. The molecule has 1 atom stereocenters. The third-order valence-corrected chi connectivity index (χ3v) is 3.02. The standard InChI is InChI=1S/C15H15N3O2/c1-10(12-4-3-5-13(8-12)11(2)19)15(20)18-14-6-7-16-9-17-14/h3-10H,1-2H3,(H,16,17,18,20)/t10-/m1/s1. The van der Waals surface area contributed by atoms with Gasteiger partial charge in [0.25, 0.3) is 0 Å². The molecule has 1 heterocycles. The van der Waals surface area contributed by atoms with Crippen LogP contribution in [0.1, 0.15) is 35.7 Å². The molecule has 0 unspecified atom stereocenters. The number of rotatable bonds is 4. The third-order valence-electron chi connectivity index (χ3n) is 3.02. The van der Waals surface area contributed by atoms with Crippen LogP contribution in [0.3, 0.4) is 0 Å². The lowest BCUT2D eigenvalue weighted by Crippen LogP contribution is -2.19. The van der Waals surface area contributed by atoms with Gasteiger partial charge < -0.3 is 5.32 Å². The number of carbonyl (C=O) groups is 2. The van der Waals surface area contributed by atoms with Gasteiger partial charge in [0.1, 0.15) is 12.1 Å². The van der Waals surface area contributed by atoms with Gasteiger partial charge >= 0.3 is 0 Å². The summed E-state index contributed by atoms with van der Waals surface area (Å²) < 4.78 is 0. The van der Waals surface area contributed by atoms with Gasteiger partial charge in [0, 0.05) is 11.8 Å². The maximum Gasteiger partial charge on any atom is 0.232 e. The van der Waals surface area contributed by atoms with Crippen molar-refractivity contribution in [2.24, 2.45) is 0 Å². The van der Waals surface area contributed by atoms with Gasteiger partial charge in [-0.25, -0.2) is 9.97 Å². The molecule has 1 N–H and O–H groups in total. The molecule has 0 bridgehead atoms. The molecule has 0 saturated carbocycles. The highest BCUT2D eigenvalue weighted by atomic mass is 16.2. The Labute approximate surface area is 117 Å². The van der Waals surface area contributed by atoms with Crippen LogP contribution in [0.15, 0.2) is 42.9 Å². The molecule has 2 rings (SSSR count). The van der Waals surface area contributed by atoms with Crippen molar-refractivity contribution in [3.05, 3.63) is 54.0 Å². The Bertz CT molecular complexity index is 626. The summed E-state index contributed by atoms with van der Waals surface area (Å²) in [6, 6.07) is 8.71. The highest BCUT2D eigenvalue weighted by Gasteiger charge is 2.16. The van der Waals surface area contributed by atoms with E-state index in [1.54, 1.807) is 37.4 Å². The molecule has 1 amide bonds. The molecule has 0 saturated heterocycles. The monoisotopic (exact) mass is 269 g/mol. The predicted molar refractivity (Wildman–Crippen MR) is 75.5 cm³/mol. The van der Waals surface area contributed by atoms with Crippen LogP contribution in [-0.2, 0) is 4.79 Å². The maximum absolute atomic E-state index is 12.1. The largest absolute Gasteiger partial charge is 0.310 e. The van der Waals surface area contributed by atoms with E-state index in [1.807, 2.05) is 6.07 Å². The second-order valence-corrected chi connectivity index (χ2v) is 4.49. The van der Waals surface area contributed by atoms with Crippen molar-refractivity contribution >= 4 is 17.5 Å². The minimum absolute atomic E-state index is 0.0183. The second kappa shape index (κ2) is 6.06. The van der Waals surface area contributed by atoms with Crippen molar-refractivity contribution in [3.63, 3.8) is 0 Å². The summed E-state index contributed by atoms with van der Waals surface area (Å²) in [6.07, 6.45) is 2.93. The van der Waals surface area contributed by atoms with Crippen molar-refractivity contribution < 1.29 is 9.59 Å². The van der Waals surface area contributed by atoms with Gasteiger partial charge in [0.05, 0.1) is 5.92 Å². The fourth-order valence-electron chi connectivity index (χ4n) is 1.78. The number of hydrogen-bond acceptors (Lipinski definition) is 4. The molecule has 2 aromatic rings. The fourth-order valence-corrected chi connectivity index (χ4v) is 1.78. The zero-order chi connectivity index (χ0) is 14.5. The molecular weight excluding hydrogens is 254 g/mol. The van der Waals surface area contributed by atoms with E-state index in [-0.39, 0.29) is 17.6 Å². The molecule has 0 aliphatic rings. The maximum atomic E-state index is 12.1. The first-order valence-corrected chi connectivity index (χ1v) is 6.25. The molecule has 5 heteroatoms. The number of ketones is 1. The minimum Gasteiger partial charge on any atom is -0.310 e. The van der Waals surface area contributed by atoms with E-state index in [2.05, 4.69) is 15.3 Å². The molecule has 5 nitrogen and oxygen atoms in total. The first-order chi connectivity index (χ1) is 9.58. The molecule has 0 aliphatic carbocycles.